The van der Waals surface area contributed by atoms with Crippen molar-refractivity contribution in [3.8, 4) is 0 Å². The van der Waals surface area contributed by atoms with Gasteiger partial charge in [0, 0.05) is 6.04 Å². The molecule has 0 bridgehead atoms. The first-order valence-electron chi connectivity index (χ1n) is 4.67. The van der Waals surface area contributed by atoms with E-state index in [-0.39, 0.29) is 23.9 Å². The van der Waals surface area contributed by atoms with Crippen LogP contribution in [0.3, 0.4) is 0 Å². The van der Waals surface area contributed by atoms with E-state index in [1.165, 1.54) is 4.90 Å². The summed E-state index contributed by atoms with van der Waals surface area (Å²) in [6.07, 6.45) is 0.310. The fraction of sp³-hybridized carbons (Fsp3) is 0.778. The van der Waals surface area contributed by atoms with Crippen LogP contribution in [0.4, 0.5) is 0 Å². The molecule has 1 aliphatic heterocycles. The number of carbonyl (C=O) groups is 2. The smallest absolute Gasteiger partial charge is 0.247 e. The van der Waals surface area contributed by atoms with E-state index in [0.717, 1.165) is 6.54 Å². The second-order valence-electron chi connectivity index (χ2n) is 3.51. The highest BCUT2D eigenvalue weighted by Gasteiger charge is 2.39. The number of amides is 2. The van der Waals surface area contributed by atoms with E-state index >= 15 is 0 Å². The van der Waals surface area contributed by atoms with Crippen molar-refractivity contribution < 1.29 is 9.59 Å². The summed E-state index contributed by atoms with van der Waals surface area (Å²) in [4.78, 5) is 24.3. The van der Waals surface area contributed by atoms with Crippen LogP contribution in [0.25, 0.3) is 0 Å². The maximum atomic E-state index is 11.6. The third-order valence-electron chi connectivity index (χ3n) is 2.15. The predicted molar refractivity (Wildman–Crippen MR) is 49.1 cm³/mol. The maximum Gasteiger partial charge on any atom is 0.247 e. The number of hydrogen-bond acceptors (Lipinski definition) is 3. The van der Waals surface area contributed by atoms with Crippen molar-refractivity contribution >= 4 is 11.8 Å². The Kier molecular flexibility index (Phi) is 3.03. The lowest BCUT2D eigenvalue weighted by molar-refractivity contribution is -0.140. The van der Waals surface area contributed by atoms with Crippen LogP contribution in [-0.4, -0.2) is 35.3 Å². The van der Waals surface area contributed by atoms with Gasteiger partial charge in [0.25, 0.3) is 0 Å². The maximum absolute atomic E-state index is 11.6. The van der Waals surface area contributed by atoms with Crippen molar-refractivity contribution in [3.05, 3.63) is 0 Å². The van der Waals surface area contributed by atoms with Crippen molar-refractivity contribution in [1.82, 2.24) is 10.2 Å². The van der Waals surface area contributed by atoms with Crippen LogP contribution in [0.1, 0.15) is 27.2 Å². The van der Waals surface area contributed by atoms with E-state index in [1.807, 2.05) is 20.8 Å². The molecule has 0 aliphatic carbocycles. The zero-order valence-corrected chi connectivity index (χ0v) is 8.33. The number of carbonyl (C=O) groups excluding carboxylic acids is 2. The number of imide groups is 1. The monoisotopic (exact) mass is 184 g/mol. The van der Waals surface area contributed by atoms with Crippen LogP contribution in [0.15, 0.2) is 0 Å². The highest BCUT2D eigenvalue weighted by molar-refractivity contribution is 6.05. The minimum atomic E-state index is -0.292. The Morgan fingerprint density at radius 3 is 2.54 bits per heavy atom. The SMILES string of the molecule is CCNC1CC(=O)N(C(C)C)C1=O. The molecule has 0 saturated carbocycles. The molecule has 0 aromatic carbocycles. The fourth-order valence-corrected chi connectivity index (χ4v) is 1.60. The van der Waals surface area contributed by atoms with Crippen LogP contribution in [-0.2, 0) is 9.59 Å². The normalized spacial score (nSPS) is 23.4. The number of rotatable bonds is 3. The molecule has 74 valence electrons. The Balaban J connectivity index is 2.70. The Morgan fingerprint density at radius 1 is 1.54 bits per heavy atom. The first-order chi connectivity index (χ1) is 6.07. The van der Waals surface area contributed by atoms with Gasteiger partial charge < -0.3 is 5.32 Å². The van der Waals surface area contributed by atoms with Crippen molar-refractivity contribution in [3.63, 3.8) is 0 Å². The van der Waals surface area contributed by atoms with Gasteiger partial charge in [0.15, 0.2) is 0 Å². The van der Waals surface area contributed by atoms with Gasteiger partial charge in [-0.15, -0.1) is 0 Å². The molecule has 4 heteroatoms. The van der Waals surface area contributed by atoms with E-state index in [9.17, 15) is 9.59 Å². The quantitative estimate of drug-likeness (QED) is 0.634. The van der Waals surface area contributed by atoms with E-state index in [4.69, 9.17) is 0 Å². The van der Waals surface area contributed by atoms with Crippen molar-refractivity contribution in [1.29, 1.82) is 0 Å². The topological polar surface area (TPSA) is 49.4 Å². The average Bonchev–Trinajstić information content (AvgIpc) is 2.28. The van der Waals surface area contributed by atoms with E-state index in [0.29, 0.717) is 6.42 Å². The summed E-state index contributed by atoms with van der Waals surface area (Å²) in [5, 5.41) is 3.00. The standard InChI is InChI=1S/C9H16N2O2/c1-4-10-7-5-8(12)11(6(2)3)9(7)13/h6-7,10H,4-5H2,1-3H3. The van der Waals surface area contributed by atoms with Gasteiger partial charge in [0.05, 0.1) is 12.5 Å². The number of likely N-dealkylation sites (tertiary alicyclic amines) is 1. The van der Waals surface area contributed by atoms with Crippen molar-refractivity contribution in [2.24, 2.45) is 0 Å². The first kappa shape index (κ1) is 10.2. The number of nitrogens with one attached hydrogen (secondary N) is 1. The Bertz CT molecular complexity index is 226. The third kappa shape index (κ3) is 1.88. The third-order valence-corrected chi connectivity index (χ3v) is 2.15. The van der Waals surface area contributed by atoms with E-state index in [1.54, 1.807) is 0 Å². The van der Waals surface area contributed by atoms with Crippen LogP contribution >= 0.6 is 0 Å². The van der Waals surface area contributed by atoms with Gasteiger partial charge in [0.1, 0.15) is 0 Å². The predicted octanol–water partition coefficient (Wildman–Crippen LogP) is 0.132. The van der Waals surface area contributed by atoms with Gasteiger partial charge in [0.2, 0.25) is 11.8 Å². The van der Waals surface area contributed by atoms with E-state index < -0.39 is 0 Å². The zero-order valence-electron chi connectivity index (χ0n) is 8.33. The van der Waals surface area contributed by atoms with Gasteiger partial charge in [-0.3, -0.25) is 14.5 Å². The largest absolute Gasteiger partial charge is 0.306 e. The van der Waals surface area contributed by atoms with Crippen LogP contribution in [0, 0.1) is 0 Å². The molecule has 1 heterocycles. The van der Waals surface area contributed by atoms with Crippen LogP contribution in [0.5, 0.6) is 0 Å². The number of hydrogen-bond donors (Lipinski definition) is 1. The second-order valence-corrected chi connectivity index (χ2v) is 3.51. The summed E-state index contributed by atoms with van der Waals surface area (Å²) >= 11 is 0. The summed E-state index contributed by atoms with van der Waals surface area (Å²) in [6, 6.07) is -0.316. The van der Waals surface area contributed by atoms with Crippen LogP contribution < -0.4 is 5.32 Å². The lowest BCUT2D eigenvalue weighted by atomic mass is 10.2. The van der Waals surface area contributed by atoms with Gasteiger partial charge in [-0.1, -0.05) is 6.92 Å². The molecule has 13 heavy (non-hydrogen) atoms. The molecule has 0 spiro atoms. The molecule has 1 N–H and O–H groups in total. The summed E-state index contributed by atoms with van der Waals surface area (Å²) < 4.78 is 0. The molecule has 1 atom stereocenters. The Labute approximate surface area is 78.3 Å². The van der Waals surface area contributed by atoms with Gasteiger partial charge >= 0.3 is 0 Å². The molecule has 2 amide bonds. The second kappa shape index (κ2) is 3.87. The van der Waals surface area contributed by atoms with Crippen LogP contribution in [0.2, 0.25) is 0 Å². The van der Waals surface area contributed by atoms with Crippen molar-refractivity contribution in [2.75, 3.05) is 6.54 Å². The summed E-state index contributed by atoms with van der Waals surface area (Å²) in [5.74, 6) is -0.146. The fourth-order valence-electron chi connectivity index (χ4n) is 1.60. The number of likely N-dealkylation sites (N-methyl/N-ethyl adjacent to an activating group) is 1. The molecule has 0 aromatic rings. The lowest BCUT2D eigenvalue weighted by Crippen LogP contribution is -2.41. The highest BCUT2D eigenvalue weighted by Crippen LogP contribution is 2.15. The molecule has 0 aromatic heterocycles. The zero-order chi connectivity index (χ0) is 10.0. The molecule has 0 radical (unpaired) electrons. The van der Waals surface area contributed by atoms with Crippen molar-refractivity contribution in [2.45, 2.75) is 39.3 Å². The molecular formula is C9H16N2O2. The molecular weight excluding hydrogens is 168 g/mol. The number of nitrogens with zero attached hydrogens (tertiary/aromatic N) is 1. The summed E-state index contributed by atoms with van der Waals surface area (Å²) in [6.45, 7) is 6.35. The molecule has 1 aliphatic rings. The van der Waals surface area contributed by atoms with Gasteiger partial charge in [-0.05, 0) is 20.4 Å². The molecule has 1 saturated heterocycles. The average molecular weight is 184 g/mol. The minimum Gasteiger partial charge on any atom is -0.306 e. The first-order valence-corrected chi connectivity index (χ1v) is 4.67. The Hall–Kier alpha value is -0.900. The summed E-state index contributed by atoms with van der Waals surface area (Å²) in [5.41, 5.74) is 0. The summed E-state index contributed by atoms with van der Waals surface area (Å²) in [7, 11) is 0. The molecule has 1 rings (SSSR count). The molecule has 1 fully saturated rings. The minimum absolute atomic E-state index is 0.0244. The molecule has 1 unspecified atom stereocenters. The Morgan fingerprint density at radius 2 is 2.15 bits per heavy atom. The van der Waals surface area contributed by atoms with Gasteiger partial charge in [-0.2, -0.15) is 0 Å². The molecule has 4 nitrogen and oxygen atoms in total. The lowest BCUT2D eigenvalue weighted by Gasteiger charge is -2.18. The highest BCUT2D eigenvalue weighted by atomic mass is 16.2. The van der Waals surface area contributed by atoms with E-state index in [2.05, 4.69) is 5.32 Å². The van der Waals surface area contributed by atoms with Gasteiger partial charge in [-0.25, -0.2) is 0 Å².